The number of aromatic nitrogens is 3. The average molecular weight is 403 g/mol. The quantitative estimate of drug-likeness (QED) is 0.370. The van der Waals surface area contributed by atoms with Crippen LogP contribution in [0.25, 0.3) is 21.8 Å². The van der Waals surface area contributed by atoms with E-state index in [0.29, 0.717) is 28.5 Å². The van der Waals surface area contributed by atoms with E-state index in [0.717, 1.165) is 9.88 Å². The smallest absolute Gasteiger partial charge is 0.211 e. The Morgan fingerprint density at radius 1 is 1.22 bits per heavy atom. The zero-order chi connectivity index (χ0) is 19.6. The Labute approximate surface area is 165 Å². The first-order chi connectivity index (χ1) is 12.8. The molecular weight excluding hydrogens is 383 g/mol. The lowest BCUT2D eigenvalue weighted by Gasteiger charge is -2.13. The van der Waals surface area contributed by atoms with E-state index in [1.54, 1.807) is 24.4 Å². The van der Waals surface area contributed by atoms with E-state index in [1.807, 2.05) is 6.26 Å². The van der Waals surface area contributed by atoms with Crippen LogP contribution >= 0.6 is 23.1 Å². The molecule has 1 N–H and O–H groups in total. The van der Waals surface area contributed by atoms with Gasteiger partial charge in [-0.15, -0.1) is 11.3 Å². The van der Waals surface area contributed by atoms with E-state index in [-0.39, 0.29) is 11.1 Å². The van der Waals surface area contributed by atoms with Gasteiger partial charge in [-0.2, -0.15) is 0 Å². The average Bonchev–Trinajstić information content (AvgIpc) is 3.09. The van der Waals surface area contributed by atoms with Crippen molar-refractivity contribution in [3.05, 3.63) is 41.3 Å². The van der Waals surface area contributed by atoms with Crippen molar-refractivity contribution in [1.29, 1.82) is 0 Å². The third kappa shape index (κ3) is 4.01. The minimum absolute atomic E-state index is 0.117. The lowest BCUT2D eigenvalue weighted by molar-refractivity contribution is -0.105. The first kappa shape index (κ1) is 19.4. The molecule has 0 saturated heterocycles. The maximum atomic E-state index is 15.0. The molecule has 140 valence electrons. The van der Waals surface area contributed by atoms with Gasteiger partial charge in [-0.05, 0) is 24.5 Å². The minimum Gasteiger partial charge on any atom is -0.326 e. The van der Waals surface area contributed by atoms with Gasteiger partial charge in [0.2, 0.25) is 6.41 Å². The summed E-state index contributed by atoms with van der Waals surface area (Å²) in [5.41, 5.74) is 1.47. The van der Waals surface area contributed by atoms with Gasteiger partial charge in [0.25, 0.3) is 0 Å². The number of benzene rings is 1. The molecule has 3 aromatic rings. The van der Waals surface area contributed by atoms with E-state index in [9.17, 15) is 9.18 Å². The fourth-order valence-electron chi connectivity index (χ4n) is 2.45. The van der Waals surface area contributed by atoms with Crippen LogP contribution in [0.15, 0.2) is 35.6 Å². The number of rotatable bonds is 5. The number of carbonyl (C=O) groups is 1. The SMILES string of the molecule is CSc1nccc(-c2sc(C(C)(C)C)nc2-c2cccc(NC=O)c2F)n1. The number of carbonyl (C=O) groups excluding carboxylic acids is 1. The number of nitrogens with one attached hydrogen (secondary N) is 1. The highest BCUT2D eigenvalue weighted by Crippen LogP contribution is 2.41. The van der Waals surface area contributed by atoms with Gasteiger partial charge in [0.05, 0.1) is 27.0 Å². The lowest BCUT2D eigenvalue weighted by Crippen LogP contribution is -2.10. The highest BCUT2D eigenvalue weighted by Gasteiger charge is 2.25. The first-order valence-electron chi connectivity index (χ1n) is 8.23. The molecule has 2 aromatic heterocycles. The standard InChI is InChI=1S/C19H19FN4OS2/c1-19(2,3)17-24-15(11-6-5-7-12(14(11)20)22-10-25)16(27-17)13-8-9-21-18(23-13)26-4/h5-10H,1-4H3,(H,22,25). The Kier molecular flexibility index (Phi) is 5.57. The number of anilines is 1. The fourth-order valence-corrected chi connectivity index (χ4v) is 3.92. The van der Waals surface area contributed by atoms with Crippen LogP contribution in [0.4, 0.5) is 10.1 Å². The van der Waals surface area contributed by atoms with Crippen molar-refractivity contribution < 1.29 is 9.18 Å². The summed E-state index contributed by atoms with van der Waals surface area (Å²) in [4.78, 5) is 25.0. The predicted octanol–water partition coefficient (Wildman–Crippen LogP) is 4.99. The molecule has 0 unspecified atom stereocenters. The molecule has 1 amide bonds. The molecule has 1 aromatic carbocycles. The van der Waals surface area contributed by atoms with Crippen LogP contribution in [0.5, 0.6) is 0 Å². The second-order valence-corrected chi connectivity index (χ2v) is 8.58. The second kappa shape index (κ2) is 7.74. The second-order valence-electron chi connectivity index (χ2n) is 6.80. The van der Waals surface area contributed by atoms with Gasteiger partial charge in [-0.3, -0.25) is 4.79 Å². The number of thiazole rings is 1. The summed E-state index contributed by atoms with van der Waals surface area (Å²) >= 11 is 2.94. The van der Waals surface area contributed by atoms with Crippen molar-refractivity contribution in [2.45, 2.75) is 31.3 Å². The molecule has 0 bridgehead atoms. The molecule has 0 atom stereocenters. The van der Waals surface area contributed by atoms with Gasteiger partial charge >= 0.3 is 0 Å². The predicted molar refractivity (Wildman–Crippen MR) is 109 cm³/mol. The van der Waals surface area contributed by atoms with Crippen LogP contribution in [0.2, 0.25) is 0 Å². The summed E-state index contributed by atoms with van der Waals surface area (Å²) < 4.78 is 15.0. The molecule has 3 rings (SSSR count). The van der Waals surface area contributed by atoms with E-state index in [1.165, 1.54) is 29.2 Å². The summed E-state index contributed by atoms with van der Waals surface area (Å²) in [7, 11) is 0. The van der Waals surface area contributed by atoms with Crippen molar-refractivity contribution in [2.75, 3.05) is 11.6 Å². The highest BCUT2D eigenvalue weighted by molar-refractivity contribution is 7.98. The largest absolute Gasteiger partial charge is 0.326 e. The summed E-state index contributed by atoms with van der Waals surface area (Å²) in [6.07, 6.45) is 4.05. The number of amides is 1. The summed E-state index contributed by atoms with van der Waals surface area (Å²) in [5.74, 6) is -0.518. The number of halogens is 1. The summed E-state index contributed by atoms with van der Waals surface area (Å²) in [6.45, 7) is 6.19. The molecule has 0 saturated carbocycles. The molecule has 0 spiro atoms. The van der Waals surface area contributed by atoms with Crippen molar-refractivity contribution >= 4 is 35.2 Å². The number of nitrogens with zero attached hydrogens (tertiary/aromatic N) is 3. The maximum Gasteiger partial charge on any atom is 0.211 e. The highest BCUT2D eigenvalue weighted by atomic mass is 32.2. The Balaban J connectivity index is 2.24. The number of hydrogen-bond acceptors (Lipinski definition) is 6. The molecule has 0 aliphatic rings. The summed E-state index contributed by atoms with van der Waals surface area (Å²) in [6, 6.07) is 6.67. The van der Waals surface area contributed by atoms with Crippen molar-refractivity contribution in [3.63, 3.8) is 0 Å². The van der Waals surface area contributed by atoms with Crippen LogP contribution in [-0.4, -0.2) is 27.6 Å². The van der Waals surface area contributed by atoms with Crippen molar-refractivity contribution in [3.8, 4) is 21.8 Å². The summed E-state index contributed by atoms with van der Waals surface area (Å²) in [5, 5.41) is 3.91. The Hall–Kier alpha value is -2.32. The molecule has 0 aliphatic carbocycles. The van der Waals surface area contributed by atoms with Gasteiger partial charge < -0.3 is 5.32 Å². The molecule has 0 radical (unpaired) electrons. The zero-order valence-electron chi connectivity index (χ0n) is 15.4. The Bertz CT molecular complexity index is 982. The fraction of sp³-hybridized carbons (Fsp3) is 0.263. The molecule has 8 heteroatoms. The molecule has 2 heterocycles. The molecule has 27 heavy (non-hydrogen) atoms. The topological polar surface area (TPSA) is 67.8 Å². The maximum absolute atomic E-state index is 15.0. The molecule has 0 aliphatic heterocycles. The van der Waals surface area contributed by atoms with Gasteiger partial charge in [0, 0.05) is 17.2 Å². The van der Waals surface area contributed by atoms with Gasteiger partial charge in [0.15, 0.2) is 11.0 Å². The van der Waals surface area contributed by atoms with Crippen LogP contribution in [0, 0.1) is 5.82 Å². The zero-order valence-corrected chi connectivity index (χ0v) is 17.0. The lowest BCUT2D eigenvalue weighted by atomic mass is 9.98. The Morgan fingerprint density at radius 3 is 2.67 bits per heavy atom. The van der Waals surface area contributed by atoms with Crippen LogP contribution in [0.1, 0.15) is 25.8 Å². The third-order valence-corrected chi connectivity index (χ3v) is 5.85. The van der Waals surface area contributed by atoms with Crippen molar-refractivity contribution in [2.24, 2.45) is 0 Å². The monoisotopic (exact) mass is 402 g/mol. The van der Waals surface area contributed by atoms with Crippen molar-refractivity contribution in [1.82, 2.24) is 15.0 Å². The van der Waals surface area contributed by atoms with Crippen LogP contribution in [0.3, 0.4) is 0 Å². The van der Waals surface area contributed by atoms with Gasteiger partial charge in [-0.25, -0.2) is 19.3 Å². The molecule has 5 nitrogen and oxygen atoms in total. The Morgan fingerprint density at radius 2 is 2.00 bits per heavy atom. The van der Waals surface area contributed by atoms with Gasteiger partial charge in [-0.1, -0.05) is 38.6 Å². The minimum atomic E-state index is -0.518. The molecular formula is C19H19FN4OS2. The van der Waals surface area contributed by atoms with Crippen LogP contribution < -0.4 is 5.32 Å². The van der Waals surface area contributed by atoms with Crippen LogP contribution in [-0.2, 0) is 10.2 Å². The molecule has 0 fully saturated rings. The van der Waals surface area contributed by atoms with E-state index >= 15 is 0 Å². The number of thioether (sulfide) groups is 1. The van der Waals surface area contributed by atoms with E-state index in [2.05, 4.69) is 36.1 Å². The van der Waals surface area contributed by atoms with Gasteiger partial charge in [0.1, 0.15) is 0 Å². The first-order valence-corrected chi connectivity index (χ1v) is 10.3. The third-order valence-electron chi connectivity index (χ3n) is 3.79. The normalized spacial score (nSPS) is 11.4. The van der Waals surface area contributed by atoms with E-state index < -0.39 is 5.82 Å². The number of hydrogen-bond donors (Lipinski definition) is 1. The van der Waals surface area contributed by atoms with E-state index in [4.69, 9.17) is 4.98 Å².